The molecule has 1 unspecified atom stereocenters. The molecule has 112 valence electrons. The highest BCUT2D eigenvalue weighted by Gasteiger charge is 2.13. The van der Waals surface area contributed by atoms with E-state index in [1.807, 2.05) is 13.8 Å². The molecular formula is C14H23N3O3. The van der Waals surface area contributed by atoms with Gasteiger partial charge in [-0.05, 0) is 25.0 Å². The third-order valence-electron chi connectivity index (χ3n) is 2.69. The van der Waals surface area contributed by atoms with Crippen LogP contribution in [0, 0.1) is 5.92 Å². The van der Waals surface area contributed by atoms with Gasteiger partial charge in [0.25, 0.3) is 0 Å². The predicted molar refractivity (Wildman–Crippen MR) is 75.9 cm³/mol. The fraction of sp³-hybridized carbons (Fsp3) is 0.571. The van der Waals surface area contributed by atoms with E-state index in [4.69, 9.17) is 4.42 Å². The summed E-state index contributed by atoms with van der Waals surface area (Å²) in [7, 11) is 0. The monoisotopic (exact) mass is 281 g/mol. The molecule has 1 atom stereocenters. The highest BCUT2D eigenvalue weighted by Crippen LogP contribution is 1.98. The van der Waals surface area contributed by atoms with Crippen LogP contribution in [-0.4, -0.2) is 30.9 Å². The highest BCUT2D eigenvalue weighted by atomic mass is 16.3. The number of furan rings is 1. The van der Waals surface area contributed by atoms with Crippen molar-refractivity contribution in [2.75, 3.05) is 13.1 Å². The standard InChI is InChI=1S/C14H23N3O3/c1-10(2)7-16-13(18)9-15-11(3)14(19)17-8-12-5-4-6-20-12/h4-6,10-11,15H,7-9H2,1-3H3,(H,16,18)(H,17,19). The number of hydrogen-bond donors (Lipinski definition) is 3. The van der Waals surface area contributed by atoms with Crippen LogP contribution < -0.4 is 16.0 Å². The molecule has 6 heteroatoms. The first-order chi connectivity index (χ1) is 9.49. The second-order valence-corrected chi connectivity index (χ2v) is 5.10. The van der Waals surface area contributed by atoms with Crippen LogP contribution in [0.3, 0.4) is 0 Å². The molecule has 1 aromatic heterocycles. The summed E-state index contributed by atoms with van der Waals surface area (Å²) in [5.74, 6) is 0.829. The molecule has 1 rings (SSSR count). The summed E-state index contributed by atoms with van der Waals surface area (Å²) in [6, 6.07) is 3.12. The van der Waals surface area contributed by atoms with Gasteiger partial charge in [-0.1, -0.05) is 13.8 Å². The van der Waals surface area contributed by atoms with E-state index in [1.54, 1.807) is 25.3 Å². The SMILES string of the molecule is CC(C)CNC(=O)CNC(C)C(=O)NCc1ccco1. The summed E-state index contributed by atoms with van der Waals surface area (Å²) in [4.78, 5) is 23.3. The maximum atomic E-state index is 11.8. The van der Waals surface area contributed by atoms with Gasteiger partial charge in [-0.3, -0.25) is 14.9 Å². The number of hydrogen-bond acceptors (Lipinski definition) is 4. The van der Waals surface area contributed by atoms with E-state index in [0.717, 1.165) is 0 Å². The Balaban J connectivity index is 2.19. The molecule has 0 aliphatic heterocycles. The Morgan fingerprint density at radius 1 is 1.25 bits per heavy atom. The van der Waals surface area contributed by atoms with Gasteiger partial charge in [0.05, 0.1) is 25.4 Å². The zero-order valence-corrected chi connectivity index (χ0v) is 12.2. The zero-order chi connectivity index (χ0) is 15.0. The van der Waals surface area contributed by atoms with E-state index >= 15 is 0 Å². The van der Waals surface area contributed by atoms with Gasteiger partial charge in [0.1, 0.15) is 5.76 Å². The Morgan fingerprint density at radius 3 is 2.60 bits per heavy atom. The van der Waals surface area contributed by atoms with Crippen LogP contribution in [0.1, 0.15) is 26.5 Å². The Labute approximate surface area is 119 Å². The molecule has 2 amide bonds. The molecule has 1 heterocycles. The van der Waals surface area contributed by atoms with Crippen LogP contribution in [0.25, 0.3) is 0 Å². The van der Waals surface area contributed by atoms with Gasteiger partial charge in [-0.2, -0.15) is 0 Å². The molecule has 0 aliphatic carbocycles. The molecule has 20 heavy (non-hydrogen) atoms. The molecule has 0 saturated carbocycles. The quantitative estimate of drug-likeness (QED) is 0.653. The van der Waals surface area contributed by atoms with Gasteiger partial charge in [0, 0.05) is 6.54 Å². The van der Waals surface area contributed by atoms with Crippen LogP contribution >= 0.6 is 0 Å². The lowest BCUT2D eigenvalue weighted by Crippen LogP contribution is -2.46. The zero-order valence-electron chi connectivity index (χ0n) is 12.2. The molecule has 0 radical (unpaired) electrons. The first-order valence-electron chi connectivity index (χ1n) is 6.79. The number of carbonyl (C=O) groups is 2. The lowest BCUT2D eigenvalue weighted by molar-refractivity contribution is -0.123. The highest BCUT2D eigenvalue weighted by molar-refractivity contribution is 5.83. The maximum Gasteiger partial charge on any atom is 0.237 e. The lowest BCUT2D eigenvalue weighted by Gasteiger charge is -2.14. The van der Waals surface area contributed by atoms with Crippen LogP contribution in [0.4, 0.5) is 0 Å². The molecular weight excluding hydrogens is 258 g/mol. The second kappa shape index (κ2) is 8.37. The van der Waals surface area contributed by atoms with Crippen LogP contribution in [0.2, 0.25) is 0 Å². The molecule has 6 nitrogen and oxygen atoms in total. The average molecular weight is 281 g/mol. The Hall–Kier alpha value is -1.82. The molecule has 1 aromatic rings. The van der Waals surface area contributed by atoms with E-state index < -0.39 is 6.04 Å². The first-order valence-corrected chi connectivity index (χ1v) is 6.79. The number of amides is 2. The van der Waals surface area contributed by atoms with Crippen molar-refractivity contribution in [2.45, 2.75) is 33.4 Å². The van der Waals surface area contributed by atoms with Crippen molar-refractivity contribution < 1.29 is 14.0 Å². The van der Waals surface area contributed by atoms with Crippen molar-refractivity contribution >= 4 is 11.8 Å². The van der Waals surface area contributed by atoms with Crippen LogP contribution in [0.5, 0.6) is 0 Å². The van der Waals surface area contributed by atoms with Crippen LogP contribution in [0.15, 0.2) is 22.8 Å². The molecule has 0 fully saturated rings. The van der Waals surface area contributed by atoms with Crippen molar-refractivity contribution in [3.8, 4) is 0 Å². The third kappa shape index (κ3) is 6.38. The molecule has 0 spiro atoms. The summed E-state index contributed by atoms with van der Waals surface area (Å²) >= 11 is 0. The summed E-state index contributed by atoms with van der Waals surface area (Å²) < 4.78 is 5.12. The normalized spacial score (nSPS) is 12.2. The average Bonchev–Trinajstić information content (AvgIpc) is 2.92. The molecule has 0 bridgehead atoms. The number of rotatable bonds is 8. The van der Waals surface area contributed by atoms with Gasteiger partial charge in [0.2, 0.25) is 11.8 Å². The van der Waals surface area contributed by atoms with E-state index in [0.29, 0.717) is 24.8 Å². The maximum absolute atomic E-state index is 11.8. The smallest absolute Gasteiger partial charge is 0.237 e. The minimum atomic E-state index is -0.435. The summed E-state index contributed by atoms with van der Waals surface area (Å²) in [6.45, 7) is 6.88. The Morgan fingerprint density at radius 2 is 2.00 bits per heavy atom. The predicted octanol–water partition coefficient (Wildman–Crippen LogP) is 0.646. The first kappa shape index (κ1) is 16.2. The van der Waals surface area contributed by atoms with Crippen molar-refractivity contribution in [2.24, 2.45) is 5.92 Å². The topological polar surface area (TPSA) is 83.4 Å². The van der Waals surface area contributed by atoms with Crippen molar-refractivity contribution in [1.82, 2.24) is 16.0 Å². The van der Waals surface area contributed by atoms with Crippen molar-refractivity contribution in [3.05, 3.63) is 24.2 Å². The minimum Gasteiger partial charge on any atom is -0.467 e. The number of nitrogens with one attached hydrogen (secondary N) is 3. The van der Waals surface area contributed by atoms with E-state index in [1.165, 1.54) is 0 Å². The van der Waals surface area contributed by atoms with Gasteiger partial charge in [-0.15, -0.1) is 0 Å². The minimum absolute atomic E-state index is 0.107. The summed E-state index contributed by atoms with van der Waals surface area (Å²) in [5, 5.41) is 8.40. The molecule has 0 aliphatic rings. The Kier molecular flexibility index (Phi) is 6.79. The van der Waals surface area contributed by atoms with Crippen molar-refractivity contribution in [3.63, 3.8) is 0 Å². The number of carbonyl (C=O) groups excluding carboxylic acids is 2. The third-order valence-corrected chi connectivity index (χ3v) is 2.69. The van der Waals surface area contributed by atoms with E-state index in [9.17, 15) is 9.59 Å². The fourth-order valence-corrected chi connectivity index (χ4v) is 1.46. The van der Waals surface area contributed by atoms with Gasteiger partial charge < -0.3 is 15.1 Å². The second-order valence-electron chi connectivity index (χ2n) is 5.10. The lowest BCUT2D eigenvalue weighted by atomic mass is 10.2. The van der Waals surface area contributed by atoms with Gasteiger partial charge in [0.15, 0.2) is 0 Å². The summed E-state index contributed by atoms with van der Waals surface area (Å²) in [6.07, 6.45) is 1.56. The summed E-state index contributed by atoms with van der Waals surface area (Å²) in [5.41, 5.74) is 0. The molecule has 0 aromatic carbocycles. The van der Waals surface area contributed by atoms with E-state index in [2.05, 4.69) is 16.0 Å². The molecule has 0 saturated heterocycles. The largest absolute Gasteiger partial charge is 0.467 e. The van der Waals surface area contributed by atoms with Gasteiger partial charge in [-0.25, -0.2) is 0 Å². The van der Waals surface area contributed by atoms with E-state index in [-0.39, 0.29) is 18.4 Å². The fourth-order valence-electron chi connectivity index (χ4n) is 1.46. The van der Waals surface area contributed by atoms with Crippen LogP contribution in [-0.2, 0) is 16.1 Å². The Bertz CT molecular complexity index is 415. The molecule has 3 N–H and O–H groups in total. The van der Waals surface area contributed by atoms with Crippen molar-refractivity contribution in [1.29, 1.82) is 0 Å². The van der Waals surface area contributed by atoms with Gasteiger partial charge >= 0.3 is 0 Å².